The van der Waals surface area contributed by atoms with E-state index in [1.807, 2.05) is 0 Å². The summed E-state index contributed by atoms with van der Waals surface area (Å²) in [6.45, 7) is -0.0926. The van der Waals surface area contributed by atoms with Crippen molar-refractivity contribution in [3.63, 3.8) is 0 Å². The summed E-state index contributed by atoms with van der Waals surface area (Å²) in [5.74, 6) is 0. The minimum atomic E-state index is -0.518. The number of carbonyl (C=O) groups is 2. The van der Waals surface area contributed by atoms with Gasteiger partial charge in [0, 0.05) is 34.6 Å². The average molecular weight is 434 g/mol. The second-order valence-corrected chi connectivity index (χ2v) is 6.76. The van der Waals surface area contributed by atoms with Crippen molar-refractivity contribution in [1.29, 1.82) is 0 Å². The maximum Gasteiger partial charge on any atom is 0.274 e. The van der Waals surface area contributed by atoms with Crippen molar-refractivity contribution in [2.45, 2.75) is 13.1 Å². The molecule has 0 saturated heterocycles. The van der Waals surface area contributed by atoms with Crippen LogP contribution in [0.25, 0.3) is 0 Å². The number of para-hydroxylation sites is 2. The van der Waals surface area contributed by atoms with Crippen molar-refractivity contribution in [3.05, 3.63) is 104 Å². The van der Waals surface area contributed by atoms with E-state index in [1.54, 1.807) is 48.5 Å². The molecule has 0 heterocycles. The number of anilines is 2. The molecule has 0 aliphatic carbocycles. The molecule has 0 saturated carbocycles. The fraction of sp³-hybridized carbons (Fsp3) is 0.0909. The van der Waals surface area contributed by atoms with Crippen LogP contribution < -0.4 is 9.80 Å². The first-order valence-electron chi connectivity index (χ1n) is 9.43. The third-order valence-electron chi connectivity index (χ3n) is 4.81. The van der Waals surface area contributed by atoms with E-state index >= 15 is 0 Å². The molecule has 0 fully saturated rings. The Bertz CT molecular complexity index is 1080. The van der Waals surface area contributed by atoms with Crippen LogP contribution >= 0.6 is 0 Å². The van der Waals surface area contributed by atoms with Crippen LogP contribution in [0.4, 0.5) is 22.7 Å². The number of nitrogens with zero attached hydrogens (tertiary/aromatic N) is 4. The van der Waals surface area contributed by atoms with Gasteiger partial charge in [-0.25, -0.2) is 0 Å². The van der Waals surface area contributed by atoms with Crippen molar-refractivity contribution in [2.75, 3.05) is 9.80 Å². The molecule has 3 aromatic rings. The zero-order chi connectivity index (χ0) is 23.1. The first-order chi connectivity index (χ1) is 15.4. The van der Waals surface area contributed by atoms with E-state index < -0.39 is 9.85 Å². The van der Waals surface area contributed by atoms with E-state index in [1.165, 1.54) is 34.1 Å². The zero-order valence-electron chi connectivity index (χ0n) is 16.7. The van der Waals surface area contributed by atoms with Crippen molar-refractivity contribution in [2.24, 2.45) is 0 Å². The lowest BCUT2D eigenvalue weighted by Gasteiger charge is -2.22. The number of benzene rings is 3. The molecule has 3 aromatic carbocycles. The number of hydrogen-bond donors (Lipinski definition) is 0. The Balaban J connectivity index is 1.89. The summed E-state index contributed by atoms with van der Waals surface area (Å²) in [5, 5.41) is 22.5. The topological polar surface area (TPSA) is 127 Å². The van der Waals surface area contributed by atoms with Gasteiger partial charge in [0.15, 0.2) is 0 Å². The number of nitro groups is 2. The molecule has 0 radical (unpaired) electrons. The lowest BCUT2D eigenvalue weighted by molar-refractivity contribution is -0.385. The van der Waals surface area contributed by atoms with Gasteiger partial charge in [-0.3, -0.25) is 29.8 Å². The summed E-state index contributed by atoms with van der Waals surface area (Å²) in [6, 6.07) is 18.6. The van der Waals surface area contributed by atoms with Gasteiger partial charge >= 0.3 is 0 Å². The molecule has 0 unspecified atom stereocenters. The molecule has 32 heavy (non-hydrogen) atoms. The predicted octanol–water partition coefficient (Wildman–Crippen LogP) is 3.83. The summed E-state index contributed by atoms with van der Waals surface area (Å²) in [6.07, 6.45) is 1.09. The summed E-state index contributed by atoms with van der Waals surface area (Å²) in [5.41, 5.74) is 1.29. The van der Waals surface area contributed by atoms with E-state index in [0.717, 1.165) is 0 Å². The largest absolute Gasteiger partial charge is 0.310 e. The summed E-state index contributed by atoms with van der Waals surface area (Å²) >= 11 is 0. The van der Waals surface area contributed by atoms with E-state index in [2.05, 4.69) is 0 Å². The molecular weight excluding hydrogens is 416 g/mol. The van der Waals surface area contributed by atoms with Crippen LogP contribution in [0.5, 0.6) is 0 Å². The maximum absolute atomic E-state index is 11.8. The Labute approximate surface area is 182 Å². The average Bonchev–Trinajstić information content (AvgIpc) is 2.81. The number of carbonyl (C=O) groups excluding carboxylic acids is 2. The molecule has 0 atom stereocenters. The molecule has 0 aliphatic heterocycles. The Morgan fingerprint density at radius 2 is 1.06 bits per heavy atom. The van der Waals surface area contributed by atoms with Gasteiger partial charge in [0.2, 0.25) is 12.8 Å². The minimum Gasteiger partial charge on any atom is -0.310 e. The Kier molecular flexibility index (Phi) is 6.86. The van der Waals surface area contributed by atoms with E-state index in [0.29, 0.717) is 35.3 Å². The van der Waals surface area contributed by atoms with Gasteiger partial charge in [-0.15, -0.1) is 0 Å². The van der Waals surface area contributed by atoms with Crippen molar-refractivity contribution in [1.82, 2.24) is 0 Å². The third-order valence-corrected chi connectivity index (χ3v) is 4.81. The fourth-order valence-electron chi connectivity index (χ4n) is 3.24. The Morgan fingerprint density at radius 3 is 1.44 bits per heavy atom. The molecule has 3 rings (SSSR count). The van der Waals surface area contributed by atoms with Crippen LogP contribution in [-0.4, -0.2) is 22.7 Å². The second-order valence-electron chi connectivity index (χ2n) is 6.76. The van der Waals surface area contributed by atoms with Crippen LogP contribution in [-0.2, 0) is 22.7 Å². The molecule has 162 valence electrons. The number of amides is 2. The molecule has 2 amide bonds. The number of rotatable bonds is 10. The molecule has 0 bridgehead atoms. The Morgan fingerprint density at radius 1 is 0.656 bits per heavy atom. The molecule has 0 spiro atoms. The minimum absolute atomic E-state index is 0.0463. The molecule has 0 aromatic heterocycles. The predicted molar refractivity (Wildman–Crippen MR) is 117 cm³/mol. The van der Waals surface area contributed by atoms with Gasteiger partial charge in [0.1, 0.15) is 0 Å². The van der Waals surface area contributed by atoms with Crippen LogP contribution in [0.1, 0.15) is 11.1 Å². The van der Waals surface area contributed by atoms with Crippen LogP contribution in [0.3, 0.4) is 0 Å². The summed E-state index contributed by atoms with van der Waals surface area (Å²) in [7, 11) is 0. The third kappa shape index (κ3) is 4.93. The van der Waals surface area contributed by atoms with Crippen molar-refractivity contribution >= 4 is 35.6 Å². The van der Waals surface area contributed by atoms with Gasteiger partial charge in [-0.2, -0.15) is 0 Å². The first kappa shape index (κ1) is 22.1. The van der Waals surface area contributed by atoms with Gasteiger partial charge < -0.3 is 9.80 Å². The van der Waals surface area contributed by atoms with Gasteiger partial charge in [-0.05, 0) is 18.2 Å². The smallest absolute Gasteiger partial charge is 0.274 e. The van der Waals surface area contributed by atoms with Gasteiger partial charge in [-0.1, -0.05) is 42.5 Å². The van der Waals surface area contributed by atoms with Crippen molar-refractivity contribution in [3.8, 4) is 0 Å². The number of nitro benzene ring substituents is 2. The molecule has 10 heteroatoms. The van der Waals surface area contributed by atoms with E-state index in [-0.39, 0.29) is 24.5 Å². The fourth-order valence-corrected chi connectivity index (χ4v) is 3.24. The number of hydrogen-bond acceptors (Lipinski definition) is 6. The monoisotopic (exact) mass is 434 g/mol. The van der Waals surface area contributed by atoms with Gasteiger partial charge in [0.25, 0.3) is 11.4 Å². The van der Waals surface area contributed by atoms with Crippen molar-refractivity contribution < 1.29 is 19.4 Å². The Hall–Kier alpha value is -4.60. The van der Waals surface area contributed by atoms with Crippen LogP contribution in [0, 0.1) is 20.2 Å². The van der Waals surface area contributed by atoms with E-state index in [4.69, 9.17) is 0 Å². The normalized spacial score (nSPS) is 10.2. The lowest BCUT2D eigenvalue weighted by atomic mass is 10.1. The highest BCUT2D eigenvalue weighted by molar-refractivity contribution is 5.81. The standard InChI is InChI=1S/C22H18N4O6/c27-15-23(13-17-6-1-3-10-21(17)25(29)30)19-8-5-9-20(12-19)24(16-28)14-18-7-2-4-11-22(18)26(31)32/h1-12,15-16H,13-14H2. The zero-order valence-corrected chi connectivity index (χ0v) is 16.7. The highest BCUT2D eigenvalue weighted by Crippen LogP contribution is 2.27. The highest BCUT2D eigenvalue weighted by atomic mass is 16.6. The second kappa shape index (κ2) is 9.94. The summed E-state index contributed by atoms with van der Waals surface area (Å²) < 4.78 is 0. The summed E-state index contributed by atoms with van der Waals surface area (Å²) in [4.78, 5) is 47.5. The van der Waals surface area contributed by atoms with Crippen LogP contribution in [0.15, 0.2) is 72.8 Å². The molecule has 0 N–H and O–H groups in total. The SMILES string of the molecule is O=CN(Cc1ccccc1[N+](=O)[O-])c1cccc(N(C=O)Cc2ccccc2[N+](=O)[O-])c1. The first-order valence-corrected chi connectivity index (χ1v) is 9.43. The molecular formula is C22H18N4O6. The quantitative estimate of drug-likeness (QED) is 0.271. The maximum atomic E-state index is 11.8. The van der Waals surface area contributed by atoms with Crippen LogP contribution in [0.2, 0.25) is 0 Å². The highest BCUT2D eigenvalue weighted by Gasteiger charge is 2.19. The van der Waals surface area contributed by atoms with Gasteiger partial charge in [0.05, 0.1) is 22.9 Å². The molecule has 10 nitrogen and oxygen atoms in total. The lowest BCUT2D eigenvalue weighted by Crippen LogP contribution is -2.23. The van der Waals surface area contributed by atoms with E-state index in [9.17, 15) is 29.8 Å². The molecule has 0 aliphatic rings.